The molecule has 10 nitrogen and oxygen atoms in total. The number of aliphatic hydroxyl groups is 2. The van der Waals surface area contributed by atoms with Crippen molar-refractivity contribution in [1.29, 1.82) is 0 Å². The van der Waals surface area contributed by atoms with Crippen molar-refractivity contribution in [1.82, 2.24) is 14.6 Å². The number of nitrogen functional groups attached to an aromatic ring is 1. The molecule has 1 aliphatic heterocycles. The van der Waals surface area contributed by atoms with E-state index in [0.29, 0.717) is 11.2 Å². The SMILES string of the molecule is C[C@@]1(c2ccc3c(N)ncnn23)O[C@H](COC(=O)OC2CC(F)(F)C2)[C@@H](O)[C@H]1O. The highest BCUT2D eigenvalue weighted by Gasteiger charge is 2.54. The number of hydrogen-bond donors (Lipinski definition) is 3. The molecule has 2 aromatic rings. The lowest BCUT2D eigenvalue weighted by Gasteiger charge is -2.33. The molecule has 4 atom stereocenters. The van der Waals surface area contributed by atoms with Crippen molar-refractivity contribution < 1.29 is 38.0 Å². The number of nitrogens with zero attached hydrogens (tertiary/aromatic N) is 3. The van der Waals surface area contributed by atoms with E-state index >= 15 is 0 Å². The predicted molar refractivity (Wildman–Crippen MR) is 92.0 cm³/mol. The van der Waals surface area contributed by atoms with Crippen LogP contribution in [0.2, 0.25) is 0 Å². The first-order chi connectivity index (χ1) is 13.6. The van der Waals surface area contributed by atoms with Crippen LogP contribution in [0.4, 0.5) is 19.4 Å². The zero-order valence-electron chi connectivity index (χ0n) is 15.4. The average molecular weight is 414 g/mol. The van der Waals surface area contributed by atoms with Crippen LogP contribution in [0.15, 0.2) is 18.5 Å². The number of fused-ring (bicyclic) bond motifs is 1. The quantitative estimate of drug-likeness (QED) is 0.613. The number of alkyl halides is 2. The van der Waals surface area contributed by atoms with Gasteiger partial charge in [0.15, 0.2) is 5.82 Å². The van der Waals surface area contributed by atoms with Crippen LogP contribution >= 0.6 is 0 Å². The molecule has 2 aliphatic rings. The Kier molecular flexibility index (Phi) is 4.59. The molecule has 0 unspecified atom stereocenters. The van der Waals surface area contributed by atoms with Crippen molar-refractivity contribution in [3.63, 3.8) is 0 Å². The van der Waals surface area contributed by atoms with E-state index in [9.17, 15) is 23.8 Å². The topological polar surface area (TPSA) is 141 Å². The highest BCUT2D eigenvalue weighted by molar-refractivity contribution is 5.65. The molecule has 1 saturated carbocycles. The summed E-state index contributed by atoms with van der Waals surface area (Å²) in [6, 6.07) is 3.28. The maximum absolute atomic E-state index is 12.8. The monoisotopic (exact) mass is 414 g/mol. The summed E-state index contributed by atoms with van der Waals surface area (Å²) in [6.45, 7) is 1.12. The van der Waals surface area contributed by atoms with Crippen LogP contribution in [0.1, 0.15) is 25.5 Å². The Morgan fingerprint density at radius 1 is 1.41 bits per heavy atom. The van der Waals surface area contributed by atoms with Crippen LogP contribution in [0.3, 0.4) is 0 Å². The molecule has 4 N–H and O–H groups in total. The highest BCUT2D eigenvalue weighted by atomic mass is 19.3. The van der Waals surface area contributed by atoms with E-state index in [4.69, 9.17) is 19.9 Å². The van der Waals surface area contributed by atoms with Crippen LogP contribution < -0.4 is 5.73 Å². The van der Waals surface area contributed by atoms with Crippen LogP contribution in [0.25, 0.3) is 5.52 Å². The van der Waals surface area contributed by atoms with Crippen molar-refractivity contribution in [2.75, 3.05) is 12.3 Å². The van der Waals surface area contributed by atoms with Gasteiger partial charge < -0.3 is 30.2 Å². The van der Waals surface area contributed by atoms with E-state index in [0.717, 1.165) is 0 Å². The zero-order valence-corrected chi connectivity index (χ0v) is 15.4. The van der Waals surface area contributed by atoms with Crippen molar-refractivity contribution in [3.05, 3.63) is 24.2 Å². The predicted octanol–water partition coefficient (Wildman–Crippen LogP) is 0.598. The van der Waals surface area contributed by atoms with Gasteiger partial charge in [-0.1, -0.05) is 0 Å². The lowest BCUT2D eigenvalue weighted by molar-refractivity contribution is -0.155. The largest absolute Gasteiger partial charge is 0.508 e. The molecular formula is C17H20F2N4O6. The van der Waals surface area contributed by atoms with Crippen LogP contribution in [0, 0.1) is 0 Å². The molecule has 0 bridgehead atoms. The van der Waals surface area contributed by atoms with Gasteiger partial charge in [0.05, 0.1) is 5.69 Å². The first-order valence-corrected chi connectivity index (χ1v) is 8.94. The standard InChI is InChI=1S/C17H20F2N4O6/c1-16(11-3-2-9-14(20)21-7-22-23(9)11)13(25)12(24)10(29-16)6-27-15(26)28-8-4-17(18,19)5-8/h2-3,7-8,10,12-13,24-25H,4-6H2,1H3,(H2,20,21,22)/t10-,12-,13-,16+/m1/s1. The molecule has 0 spiro atoms. The second-order valence-corrected chi connectivity index (χ2v) is 7.42. The summed E-state index contributed by atoms with van der Waals surface area (Å²) >= 11 is 0. The number of halogens is 2. The number of rotatable bonds is 4. The van der Waals surface area contributed by atoms with Gasteiger partial charge in [-0.3, -0.25) is 0 Å². The van der Waals surface area contributed by atoms with Gasteiger partial charge in [-0.2, -0.15) is 5.10 Å². The first-order valence-electron chi connectivity index (χ1n) is 8.94. The van der Waals surface area contributed by atoms with Crippen molar-refractivity contribution >= 4 is 17.5 Å². The fraction of sp³-hybridized carbons (Fsp3) is 0.588. The fourth-order valence-electron chi connectivity index (χ4n) is 3.67. The number of hydrogen-bond acceptors (Lipinski definition) is 9. The molecule has 2 fully saturated rings. The Bertz CT molecular complexity index is 932. The maximum Gasteiger partial charge on any atom is 0.508 e. The minimum absolute atomic E-state index is 0.229. The first kappa shape index (κ1) is 19.7. The molecule has 29 heavy (non-hydrogen) atoms. The molecule has 12 heteroatoms. The summed E-state index contributed by atoms with van der Waals surface area (Å²) in [6.07, 6.45) is -5.72. The van der Waals surface area contributed by atoms with Gasteiger partial charge in [-0.05, 0) is 19.1 Å². The second-order valence-electron chi connectivity index (χ2n) is 7.42. The summed E-state index contributed by atoms with van der Waals surface area (Å²) in [5, 5.41) is 25.0. The Balaban J connectivity index is 1.43. The summed E-state index contributed by atoms with van der Waals surface area (Å²) in [5.41, 5.74) is 5.33. The summed E-state index contributed by atoms with van der Waals surface area (Å²) in [7, 11) is 0. The smallest absolute Gasteiger partial charge is 0.431 e. The Hall–Kier alpha value is -2.57. The van der Waals surface area contributed by atoms with E-state index < -0.39 is 61.5 Å². The number of aromatic nitrogens is 3. The van der Waals surface area contributed by atoms with Gasteiger partial charge in [0, 0.05) is 12.8 Å². The Morgan fingerprint density at radius 3 is 2.83 bits per heavy atom. The Labute approximate surface area is 163 Å². The highest BCUT2D eigenvalue weighted by Crippen LogP contribution is 2.41. The molecule has 0 radical (unpaired) electrons. The maximum atomic E-state index is 12.8. The third-order valence-electron chi connectivity index (χ3n) is 5.34. The number of aliphatic hydroxyl groups excluding tert-OH is 2. The molecule has 0 amide bonds. The van der Waals surface area contributed by atoms with Crippen molar-refractivity contribution in [3.8, 4) is 0 Å². The second kappa shape index (κ2) is 6.75. The minimum Gasteiger partial charge on any atom is -0.431 e. The minimum atomic E-state index is -2.82. The summed E-state index contributed by atoms with van der Waals surface area (Å²) in [5.74, 6) is -2.60. The third kappa shape index (κ3) is 3.36. The number of carbonyl (C=O) groups is 1. The fourth-order valence-corrected chi connectivity index (χ4v) is 3.67. The number of ether oxygens (including phenoxy) is 3. The van der Waals surface area contributed by atoms with Crippen molar-refractivity contribution in [2.24, 2.45) is 0 Å². The van der Waals surface area contributed by atoms with Crippen LogP contribution in [-0.2, 0) is 19.8 Å². The third-order valence-corrected chi connectivity index (χ3v) is 5.34. The van der Waals surface area contributed by atoms with Gasteiger partial charge in [0.1, 0.15) is 48.5 Å². The Morgan fingerprint density at radius 2 is 2.14 bits per heavy atom. The van der Waals surface area contributed by atoms with E-state index in [2.05, 4.69) is 10.1 Å². The van der Waals surface area contributed by atoms with Gasteiger partial charge in [-0.25, -0.2) is 23.1 Å². The van der Waals surface area contributed by atoms with Gasteiger partial charge >= 0.3 is 6.16 Å². The molecule has 0 aromatic carbocycles. The molecule has 1 saturated heterocycles. The molecule has 158 valence electrons. The van der Waals surface area contributed by atoms with E-state index in [-0.39, 0.29) is 5.82 Å². The molecule has 1 aliphatic carbocycles. The zero-order chi connectivity index (χ0) is 21.0. The number of nitrogens with two attached hydrogens (primary N) is 1. The van der Waals surface area contributed by atoms with Crippen LogP contribution in [-0.4, -0.2) is 67.9 Å². The van der Waals surface area contributed by atoms with Crippen LogP contribution in [0.5, 0.6) is 0 Å². The van der Waals surface area contributed by atoms with E-state index in [1.165, 1.54) is 10.8 Å². The number of anilines is 1. The lowest BCUT2D eigenvalue weighted by atomic mass is 9.91. The van der Waals surface area contributed by atoms with Gasteiger partial charge in [-0.15, -0.1) is 0 Å². The lowest BCUT2D eigenvalue weighted by Crippen LogP contribution is -2.43. The molecular weight excluding hydrogens is 394 g/mol. The molecule has 3 heterocycles. The van der Waals surface area contributed by atoms with Gasteiger partial charge in [0.2, 0.25) is 0 Å². The summed E-state index contributed by atoms with van der Waals surface area (Å²) < 4.78 is 42.5. The average Bonchev–Trinajstić information content (AvgIpc) is 3.16. The molecule has 4 rings (SSSR count). The van der Waals surface area contributed by atoms with E-state index in [1.54, 1.807) is 19.1 Å². The molecule has 2 aromatic heterocycles. The summed E-state index contributed by atoms with van der Waals surface area (Å²) in [4.78, 5) is 15.6. The number of carbonyl (C=O) groups excluding carboxylic acids is 1. The van der Waals surface area contributed by atoms with Gasteiger partial charge in [0.25, 0.3) is 5.92 Å². The van der Waals surface area contributed by atoms with Crippen molar-refractivity contribution in [2.45, 2.75) is 55.7 Å². The van der Waals surface area contributed by atoms with E-state index in [1.807, 2.05) is 0 Å². The normalized spacial score (nSPS) is 31.6.